The van der Waals surface area contributed by atoms with Gasteiger partial charge in [0.15, 0.2) is 0 Å². The van der Waals surface area contributed by atoms with E-state index in [1.165, 1.54) is 21.7 Å². The van der Waals surface area contributed by atoms with E-state index < -0.39 is 22.1 Å². The third-order valence-corrected chi connectivity index (χ3v) is 8.38. The topological polar surface area (TPSA) is 81.2 Å². The SMILES string of the molecule is CCCS(=O)(=O)N1C[C@@H](C(=O)N2CCN(c3cc(C)ccc3C)CC2)N(c2ccccc2)C1=O. The lowest BCUT2D eigenvalue weighted by molar-refractivity contribution is -0.132. The molecule has 2 aromatic carbocycles. The predicted octanol–water partition coefficient (Wildman–Crippen LogP) is 3.00. The summed E-state index contributed by atoms with van der Waals surface area (Å²) >= 11 is 0. The van der Waals surface area contributed by atoms with E-state index in [2.05, 4.69) is 36.9 Å². The highest BCUT2D eigenvalue weighted by Gasteiger charge is 2.48. The second-order valence-corrected chi connectivity index (χ2v) is 11.0. The maximum absolute atomic E-state index is 13.6. The van der Waals surface area contributed by atoms with E-state index >= 15 is 0 Å². The van der Waals surface area contributed by atoms with Crippen LogP contribution in [0.5, 0.6) is 0 Å². The summed E-state index contributed by atoms with van der Waals surface area (Å²) in [5.74, 6) is -0.344. The van der Waals surface area contributed by atoms with Crippen LogP contribution >= 0.6 is 0 Å². The van der Waals surface area contributed by atoms with Crippen molar-refractivity contribution in [3.63, 3.8) is 0 Å². The second kappa shape index (κ2) is 9.66. The van der Waals surface area contributed by atoms with Crippen molar-refractivity contribution in [3.8, 4) is 0 Å². The Bertz CT molecular complexity index is 1160. The summed E-state index contributed by atoms with van der Waals surface area (Å²) < 4.78 is 26.4. The van der Waals surface area contributed by atoms with Crippen LogP contribution in [0.15, 0.2) is 48.5 Å². The summed E-state index contributed by atoms with van der Waals surface area (Å²) in [4.78, 5) is 32.2. The number of hydrogen-bond donors (Lipinski definition) is 0. The van der Waals surface area contributed by atoms with Crippen LogP contribution < -0.4 is 9.80 Å². The largest absolute Gasteiger partial charge is 0.368 e. The molecule has 0 aliphatic carbocycles. The van der Waals surface area contributed by atoms with Crippen LogP contribution in [0, 0.1) is 13.8 Å². The Balaban J connectivity index is 1.55. The number of aryl methyl sites for hydroxylation is 2. The molecule has 1 atom stereocenters. The van der Waals surface area contributed by atoms with Crippen LogP contribution in [0.4, 0.5) is 16.2 Å². The maximum Gasteiger partial charge on any atom is 0.339 e. The van der Waals surface area contributed by atoms with Crippen molar-refractivity contribution < 1.29 is 18.0 Å². The van der Waals surface area contributed by atoms with Crippen molar-refractivity contribution in [2.45, 2.75) is 33.2 Å². The number of anilines is 2. The number of hydrogen-bond acceptors (Lipinski definition) is 5. The average Bonchev–Trinajstić information content (AvgIpc) is 3.19. The van der Waals surface area contributed by atoms with Gasteiger partial charge >= 0.3 is 6.03 Å². The number of piperazine rings is 1. The van der Waals surface area contributed by atoms with E-state index in [9.17, 15) is 18.0 Å². The summed E-state index contributed by atoms with van der Waals surface area (Å²) in [7, 11) is -3.79. The molecule has 2 aliphatic heterocycles. The van der Waals surface area contributed by atoms with Crippen molar-refractivity contribution in [2.24, 2.45) is 0 Å². The molecule has 182 valence electrons. The number of rotatable bonds is 6. The number of sulfonamides is 1. The minimum Gasteiger partial charge on any atom is -0.368 e. The molecular weight excluding hydrogens is 452 g/mol. The minimum absolute atomic E-state index is 0.128. The third-order valence-electron chi connectivity index (χ3n) is 6.48. The van der Waals surface area contributed by atoms with E-state index in [1.54, 1.807) is 36.1 Å². The van der Waals surface area contributed by atoms with Gasteiger partial charge < -0.3 is 9.80 Å². The van der Waals surface area contributed by atoms with Crippen LogP contribution in [0.2, 0.25) is 0 Å². The van der Waals surface area contributed by atoms with Gasteiger partial charge in [-0.2, -0.15) is 0 Å². The first-order chi connectivity index (χ1) is 16.2. The lowest BCUT2D eigenvalue weighted by Crippen LogP contribution is -2.55. The molecule has 3 amide bonds. The molecule has 0 N–H and O–H groups in total. The van der Waals surface area contributed by atoms with Gasteiger partial charge in [-0.3, -0.25) is 9.69 Å². The average molecular weight is 485 g/mol. The van der Waals surface area contributed by atoms with E-state index in [0.717, 1.165) is 4.31 Å². The molecule has 8 nitrogen and oxygen atoms in total. The highest BCUT2D eigenvalue weighted by atomic mass is 32.2. The molecule has 2 aromatic rings. The molecule has 2 saturated heterocycles. The molecule has 2 fully saturated rings. The number of carbonyl (C=O) groups is 2. The Labute approximate surface area is 201 Å². The van der Waals surface area contributed by atoms with E-state index in [0.29, 0.717) is 38.3 Å². The molecule has 34 heavy (non-hydrogen) atoms. The van der Waals surface area contributed by atoms with Gasteiger partial charge in [0.2, 0.25) is 15.9 Å². The Kier molecular flexibility index (Phi) is 6.84. The minimum atomic E-state index is -3.79. The first-order valence-electron chi connectivity index (χ1n) is 11.7. The summed E-state index contributed by atoms with van der Waals surface area (Å²) in [5, 5.41) is 0. The van der Waals surface area contributed by atoms with Gasteiger partial charge in [0.1, 0.15) is 6.04 Å². The highest BCUT2D eigenvalue weighted by Crippen LogP contribution is 2.29. The zero-order valence-corrected chi connectivity index (χ0v) is 20.8. The summed E-state index contributed by atoms with van der Waals surface area (Å²) in [6.45, 7) is 8.13. The fraction of sp³-hybridized carbons (Fsp3) is 0.440. The number of amides is 3. The van der Waals surface area contributed by atoms with Crippen molar-refractivity contribution >= 4 is 33.3 Å². The maximum atomic E-state index is 13.6. The van der Waals surface area contributed by atoms with Gasteiger partial charge in [0, 0.05) is 37.6 Å². The number of carbonyl (C=O) groups excluding carboxylic acids is 2. The molecule has 0 saturated carbocycles. The molecule has 0 aromatic heterocycles. The standard InChI is InChI=1S/C25H32N4O4S/c1-4-16-34(32,33)28-18-23(29(25(28)31)21-8-6-5-7-9-21)24(30)27-14-12-26(13-15-27)22-17-19(2)10-11-20(22)3/h5-11,17,23H,4,12-16,18H2,1-3H3/t23-/m0/s1. The number of benzene rings is 2. The van der Waals surface area contributed by atoms with Crippen LogP contribution in [0.3, 0.4) is 0 Å². The zero-order chi connectivity index (χ0) is 24.5. The Morgan fingerprint density at radius 1 is 1.00 bits per heavy atom. The first kappa shape index (κ1) is 24.1. The third kappa shape index (κ3) is 4.61. The number of urea groups is 1. The van der Waals surface area contributed by atoms with Gasteiger partial charge in [-0.15, -0.1) is 0 Å². The zero-order valence-electron chi connectivity index (χ0n) is 20.0. The van der Waals surface area contributed by atoms with Gasteiger partial charge in [0.25, 0.3) is 0 Å². The smallest absolute Gasteiger partial charge is 0.339 e. The fourth-order valence-electron chi connectivity index (χ4n) is 4.68. The molecule has 9 heteroatoms. The van der Waals surface area contributed by atoms with Gasteiger partial charge in [-0.1, -0.05) is 37.3 Å². The summed E-state index contributed by atoms with van der Waals surface area (Å²) in [6, 6.07) is 13.6. The van der Waals surface area contributed by atoms with Crippen molar-refractivity contribution in [2.75, 3.05) is 48.3 Å². The molecule has 0 spiro atoms. The van der Waals surface area contributed by atoms with Crippen LogP contribution in [-0.2, 0) is 14.8 Å². The van der Waals surface area contributed by atoms with Crippen LogP contribution in [0.1, 0.15) is 24.5 Å². The Morgan fingerprint density at radius 3 is 2.32 bits per heavy atom. The lowest BCUT2D eigenvalue weighted by atomic mass is 10.1. The molecule has 2 heterocycles. The Morgan fingerprint density at radius 2 is 1.68 bits per heavy atom. The lowest BCUT2D eigenvalue weighted by Gasteiger charge is -2.38. The molecule has 0 bridgehead atoms. The molecule has 0 radical (unpaired) electrons. The van der Waals surface area contributed by atoms with Crippen molar-refractivity contribution in [3.05, 3.63) is 59.7 Å². The first-order valence-corrected chi connectivity index (χ1v) is 13.3. The summed E-state index contributed by atoms with van der Waals surface area (Å²) in [5.41, 5.74) is 4.08. The van der Waals surface area contributed by atoms with E-state index in [1.807, 2.05) is 6.07 Å². The highest BCUT2D eigenvalue weighted by molar-refractivity contribution is 7.89. The quantitative estimate of drug-likeness (QED) is 0.630. The van der Waals surface area contributed by atoms with E-state index in [-0.39, 0.29) is 18.2 Å². The van der Waals surface area contributed by atoms with Crippen molar-refractivity contribution in [1.29, 1.82) is 0 Å². The van der Waals surface area contributed by atoms with Gasteiger partial charge in [-0.25, -0.2) is 17.5 Å². The van der Waals surface area contributed by atoms with Gasteiger partial charge in [-0.05, 0) is 49.6 Å². The molecule has 4 rings (SSSR count). The van der Waals surface area contributed by atoms with Crippen LogP contribution in [-0.4, -0.2) is 74.1 Å². The summed E-state index contributed by atoms with van der Waals surface area (Å²) in [6.07, 6.45) is 0.399. The number of nitrogens with zero attached hydrogens (tertiary/aromatic N) is 4. The van der Waals surface area contributed by atoms with Gasteiger partial charge in [0.05, 0.1) is 12.3 Å². The normalized spacial score (nSPS) is 19.1. The monoisotopic (exact) mass is 484 g/mol. The second-order valence-electron chi connectivity index (χ2n) is 8.95. The van der Waals surface area contributed by atoms with Crippen molar-refractivity contribution in [1.82, 2.24) is 9.21 Å². The predicted molar refractivity (Wildman–Crippen MR) is 134 cm³/mol. The number of para-hydroxylation sites is 1. The Hall–Kier alpha value is -3.07. The molecule has 2 aliphatic rings. The fourth-order valence-corrected chi connectivity index (χ4v) is 6.11. The molecule has 0 unspecified atom stereocenters. The van der Waals surface area contributed by atoms with E-state index in [4.69, 9.17) is 0 Å². The van der Waals surface area contributed by atoms with Crippen LogP contribution in [0.25, 0.3) is 0 Å². The molecular formula is C25H32N4O4S.